The van der Waals surface area contributed by atoms with Crippen LogP contribution in [0.2, 0.25) is 0 Å². The van der Waals surface area contributed by atoms with E-state index in [9.17, 15) is 9.59 Å². The summed E-state index contributed by atoms with van der Waals surface area (Å²) in [6.07, 6.45) is 7.48. The SMILES string of the molecule is C=Cn1cc[n+](CCOc2ccc(C(=O)Oc3ccc(OC(=O)c4ccc(C)cc4)c(C)c3C)cc2)c1. The van der Waals surface area contributed by atoms with Gasteiger partial charge in [-0.1, -0.05) is 24.3 Å². The average molecular weight is 498 g/mol. The molecule has 4 rings (SSSR count). The van der Waals surface area contributed by atoms with Crippen LogP contribution in [0.25, 0.3) is 6.20 Å². The van der Waals surface area contributed by atoms with Gasteiger partial charge in [-0.15, -0.1) is 0 Å². The summed E-state index contributed by atoms with van der Waals surface area (Å²) >= 11 is 0. The van der Waals surface area contributed by atoms with Gasteiger partial charge in [-0.3, -0.25) is 0 Å². The lowest BCUT2D eigenvalue weighted by atomic mass is 10.1. The van der Waals surface area contributed by atoms with Gasteiger partial charge in [-0.2, -0.15) is 0 Å². The number of nitrogens with zero attached hydrogens (tertiary/aromatic N) is 2. The Morgan fingerprint density at radius 2 is 1.38 bits per heavy atom. The lowest BCUT2D eigenvalue weighted by Crippen LogP contribution is -2.34. The molecular formula is C30H29N2O5+. The quantitative estimate of drug-likeness (QED) is 0.178. The van der Waals surface area contributed by atoms with E-state index in [1.807, 2.05) is 60.8 Å². The molecule has 0 atom stereocenters. The molecule has 0 amide bonds. The molecule has 0 aliphatic rings. The molecule has 7 heteroatoms. The molecule has 0 N–H and O–H groups in total. The van der Waals surface area contributed by atoms with E-state index in [2.05, 4.69) is 6.58 Å². The Balaban J connectivity index is 1.34. The lowest BCUT2D eigenvalue weighted by Gasteiger charge is -2.14. The summed E-state index contributed by atoms with van der Waals surface area (Å²) in [5.41, 5.74) is 3.36. The van der Waals surface area contributed by atoms with Crippen molar-refractivity contribution >= 4 is 18.1 Å². The van der Waals surface area contributed by atoms with E-state index in [0.717, 1.165) is 11.1 Å². The van der Waals surface area contributed by atoms with E-state index < -0.39 is 11.9 Å². The first kappa shape index (κ1) is 25.4. The van der Waals surface area contributed by atoms with Gasteiger partial charge < -0.3 is 14.2 Å². The molecule has 4 aromatic rings. The van der Waals surface area contributed by atoms with Crippen molar-refractivity contribution in [3.8, 4) is 17.2 Å². The smallest absolute Gasteiger partial charge is 0.343 e. The highest BCUT2D eigenvalue weighted by molar-refractivity contribution is 5.92. The Kier molecular flexibility index (Phi) is 7.83. The van der Waals surface area contributed by atoms with Crippen LogP contribution in [0.5, 0.6) is 17.2 Å². The molecule has 3 aromatic carbocycles. The van der Waals surface area contributed by atoms with Crippen LogP contribution in [0.3, 0.4) is 0 Å². The van der Waals surface area contributed by atoms with Gasteiger partial charge in [0.2, 0.25) is 6.33 Å². The van der Waals surface area contributed by atoms with E-state index in [0.29, 0.717) is 47.1 Å². The molecule has 1 aromatic heterocycles. The van der Waals surface area contributed by atoms with Crippen LogP contribution in [0, 0.1) is 20.8 Å². The number of hydrogen-bond acceptors (Lipinski definition) is 5. The van der Waals surface area contributed by atoms with E-state index in [1.165, 1.54) is 0 Å². The lowest BCUT2D eigenvalue weighted by molar-refractivity contribution is -0.696. The number of benzene rings is 3. The first-order valence-corrected chi connectivity index (χ1v) is 11.9. The molecule has 0 spiro atoms. The minimum absolute atomic E-state index is 0.400. The van der Waals surface area contributed by atoms with Gasteiger partial charge in [-0.05, 0) is 80.4 Å². The van der Waals surface area contributed by atoms with E-state index in [1.54, 1.807) is 54.7 Å². The zero-order chi connectivity index (χ0) is 26.4. The van der Waals surface area contributed by atoms with E-state index in [4.69, 9.17) is 14.2 Å². The molecule has 188 valence electrons. The van der Waals surface area contributed by atoms with Crippen LogP contribution in [0.1, 0.15) is 37.4 Å². The molecule has 37 heavy (non-hydrogen) atoms. The molecule has 0 bridgehead atoms. The highest BCUT2D eigenvalue weighted by atomic mass is 16.5. The van der Waals surface area contributed by atoms with Crippen molar-refractivity contribution in [1.82, 2.24) is 4.57 Å². The standard InChI is InChI=1S/C30H29N2O5/c1-5-31-16-17-32(20-31)18-19-35-26-12-10-25(11-13-26)30(34)37-28-15-14-27(22(3)23(28)4)36-29(33)24-8-6-21(2)7-9-24/h5-17,20H,1,18-19H2,2-4H3/q+1. The van der Waals surface area contributed by atoms with Crippen LogP contribution < -0.4 is 18.8 Å². The first-order valence-electron chi connectivity index (χ1n) is 11.9. The fraction of sp³-hybridized carbons (Fsp3) is 0.167. The maximum Gasteiger partial charge on any atom is 0.343 e. The highest BCUT2D eigenvalue weighted by Gasteiger charge is 2.16. The predicted octanol–water partition coefficient (Wildman–Crippen LogP) is 5.32. The number of hydrogen-bond donors (Lipinski definition) is 0. The fourth-order valence-electron chi connectivity index (χ4n) is 3.61. The van der Waals surface area contributed by atoms with Gasteiger partial charge in [0.15, 0.2) is 0 Å². The molecular weight excluding hydrogens is 468 g/mol. The average Bonchev–Trinajstić information content (AvgIpc) is 3.37. The van der Waals surface area contributed by atoms with Crippen molar-refractivity contribution in [3.05, 3.63) is 114 Å². The number of esters is 2. The van der Waals surface area contributed by atoms with Crippen LogP contribution in [0.15, 0.2) is 86.0 Å². The van der Waals surface area contributed by atoms with Gasteiger partial charge in [-0.25, -0.2) is 18.7 Å². The summed E-state index contributed by atoms with van der Waals surface area (Å²) in [6, 6.07) is 17.2. The van der Waals surface area contributed by atoms with Crippen LogP contribution >= 0.6 is 0 Å². The van der Waals surface area contributed by atoms with Crippen molar-refractivity contribution < 1.29 is 28.4 Å². The van der Waals surface area contributed by atoms with Crippen molar-refractivity contribution in [2.75, 3.05) is 6.61 Å². The summed E-state index contributed by atoms with van der Waals surface area (Å²) in [7, 11) is 0. The Bertz CT molecular complexity index is 1420. The van der Waals surface area contributed by atoms with Crippen LogP contribution in [0.4, 0.5) is 0 Å². The number of imidazole rings is 1. The Morgan fingerprint density at radius 3 is 1.89 bits per heavy atom. The number of aryl methyl sites for hydroxylation is 1. The number of rotatable bonds is 9. The molecule has 0 unspecified atom stereocenters. The minimum atomic E-state index is -0.486. The number of aromatic nitrogens is 2. The van der Waals surface area contributed by atoms with E-state index in [-0.39, 0.29) is 0 Å². The molecule has 0 fully saturated rings. The predicted molar refractivity (Wildman–Crippen MR) is 140 cm³/mol. The van der Waals surface area contributed by atoms with Gasteiger partial charge in [0, 0.05) is 0 Å². The second kappa shape index (κ2) is 11.4. The Hall–Kier alpha value is -4.65. The number of carbonyl (C=O) groups excluding carboxylic acids is 2. The molecule has 0 saturated heterocycles. The van der Waals surface area contributed by atoms with Gasteiger partial charge in [0.25, 0.3) is 0 Å². The van der Waals surface area contributed by atoms with Crippen molar-refractivity contribution in [2.45, 2.75) is 27.3 Å². The highest BCUT2D eigenvalue weighted by Crippen LogP contribution is 2.30. The van der Waals surface area contributed by atoms with Crippen molar-refractivity contribution in [2.24, 2.45) is 0 Å². The summed E-state index contributed by atoms with van der Waals surface area (Å²) < 4.78 is 20.8. The summed E-state index contributed by atoms with van der Waals surface area (Å²) in [5, 5.41) is 0. The van der Waals surface area contributed by atoms with Crippen molar-refractivity contribution in [1.29, 1.82) is 0 Å². The number of ether oxygens (including phenoxy) is 3. The molecule has 0 aliphatic carbocycles. The number of carbonyl (C=O) groups is 2. The maximum absolute atomic E-state index is 12.7. The van der Waals surface area contributed by atoms with Gasteiger partial charge >= 0.3 is 11.9 Å². The van der Waals surface area contributed by atoms with Crippen molar-refractivity contribution in [3.63, 3.8) is 0 Å². The largest absolute Gasteiger partial charge is 0.489 e. The third kappa shape index (κ3) is 6.32. The third-order valence-electron chi connectivity index (χ3n) is 6.01. The zero-order valence-corrected chi connectivity index (χ0v) is 21.1. The van der Waals surface area contributed by atoms with Crippen LogP contribution in [-0.2, 0) is 6.54 Å². The van der Waals surface area contributed by atoms with Gasteiger partial charge in [0.05, 0.1) is 17.3 Å². The van der Waals surface area contributed by atoms with Crippen LogP contribution in [-0.4, -0.2) is 23.1 Å². The Morgan fingerprint density at radius 1 is 0.838 bits per heavy atom. The summed E-state index contributed by atoms with van der Waals surface area (Å²) in [6.45, 7) is 10.5. The Labute approximate surface area is 216 Å². The van der Waals surface area contributed by atoms with Gasteiger partial charge in [0.1, 0.15) is 42.8 Å². The minimum Gasteiger partial charge on any atom is -0.489 e. The first-order chi connectivity index (χ1) is 17.8. The maximum atomic E-state index is 12.7. The third-order valence-corrected chi connectivity index (χ3v) is 6.01. The molecule has 0 radical (unpaired) electrons. The summed E-state index contributed by atoms with van der Waals surface area (Å²) in [5.74, 6) is 0.556. The fourth-order valence-corrected chi connectivity index (χ4v) is 3.61. The summed E-state index contributed by atoms with van der Waals surface area (Å²) in [4.78, 5) is 25.2. The topological polar surface area (TPSA) is 70.6 Å². The molecule has 7 nitrogen and oxygen atoms in total. The zero-order valence-electron chi connectivity index (χ0n) is 21.1. The van der Waals surface area contributed by atoms with E-state index >= 15 is 0 Å². The second-order valence-corrected chi connectivity index (χ2v) is 8.61. The molecule has 1 heterocycles. The second-order valence-electron chi connectivity index (χ2n) is 8.61. The normalized spacial score (nSPS) is 10.6. The molecule has 0 saturated carbocycles. The molecule has 0 aliphatic heterocycles. The monoisotopic (exact) mass is 497 g/mol.